The van der Waals surface area contributed by atoms with Crippen LogP contribution in [-0.2, 0) is 4.74 Å². The van der Waals surface area contributed by atoms with Crippen LogP contribution in [0.2, 0.25) is 0 Å². The van der Waals surface area contributed by atoms with Crippen molar-refractivity contribution in [2.75, 3.05) is 25.6 Å². The molecule has 5 nitrogen and oxygen atoms in total. The van der Waals surface area contributed by atoms with Gasteiger partial charge in [0.25, 0.3) is 5.91 Å². The van der Waals surface area contributed by atoms with Gasteiger partial charge in [-0.15, -0.1) is 0 Å². The second-order valence-corrected chi connectivity index (χ2v) is 4.37. The summed E-state index contributed by atoms with van der Waals surface area (Å²) in [4.78, 5) is 16.3. The van der Waals surface area contributed by atoms with Crippen LogP contribution in [0, 0.1) is 0 Å². The molecule has 0 saturated carbocycles. The van der Waals surface area contributed by atoms with Crippen LogP contribution < -0.4 is 10.6 Å². The molecule has 0 aromatic carbocycles. The van der Waals surface area contributed by atoms with Crippen LogP contribution in [0.4, 0.5) is 5.69 Å². The van der Waals surface area contributed by atoms with Gasteiger partial charge in [0.1, 0.15) is 0 Å². The minimum atomic E-state index is -0.0890. The Labute approximate surface area is 114 Å². The topological polar surface area (TPSA) is 63.2 Å². The molecule has 1 unspecified atom stereocenters. The predicted molar refractivity (Wildman–Crippen MR) is 76.4 cm³/mol. The Balaban J connectivity index is 2.75. The van der Waals surface area contributed by atoms with E-state index in [0.717, 1.165) is 25.1 Å². The van der Waals surface area contributed by atoms with Crippen molar-refractivity contribution < 1.29 is 9.53 Å². The first-order valence-electron chi connectivity index (χ1n) is 6.70. The first kappa shape index (κ1) is 15.4. The number of ether oxygens (including phenoxy) is 1. The van der Waals surface area contributed by atoms with Crippen molar-refractivity contribution in [3.05, 3.63) is 24.0 Å². The molecule has 0 aliphatic carbocycles. The molecule has 19 heavy (non-hydrogen) atoms. The van der Waals surface area contributed by atoms with E-state index in [9.17, 15) is 4.79 Å². The zero-order valence-corrected chi connectivity index (χ0v) is 11.9. The number of hydrogen-bond acceptors (Lipinski definition) is 4. The number of pyridine rings is 1. The minimum absolute atomic E-state index is 0.0464. The Morgan fingerprint density at radius 3 is 2.89 bits per heavy atom. The van der Waals surface area contributed by atoms with E-state index < -0.39 is 0 Å². The Bertz CT molecular complexity index is 390. The van der Waals surface area contributed by atoms with Gasteiger partial charge in [0.15, 0.2) is 0 Å². The van der Waals surface area contributed by atoms with Crippen molar-refractivity contribution in [3.63, 3.8) is 0 Å². The lowest BCUT2D eigenvalue weighted by Gasteiger charge is -2.18. The Morgan fingerprint density at radius 1 is 1.47 bits per heavy atom. The smallest absolute Gasteiger partial charge is 0.253 e. The average molecular weight is 265 g/mol. The third kappa shape index (κ3) is 4.87. The summed E-state index contributed by atoms with van der Waals surface area (Å²) in [5.74, 6) is -0.0890. The van der Waals surface area contributed by atoms with E-state index in [0.29, 0.717) is 12.2 Å². The van der Waals surface area contributed by atoms with Gasteiger partial charge in [-0.05, 0) is 19.4 Å². The fourth-order valence-electron chi connectivity index (χ4n) is 1.93. The number of methoxy groups -OCH3 is 1. The molecular formula is C14H23N3O2. The van der Waals surface area contributed by atoms with Gasteiger partial charge in [-0.1, -0.05) is 13.3 Å². The summed E-state index contributed by atoms with van der Waals surface area (Å²) >= 11 is 0. The molecule has 2 N–H and O–H groups in total. The van der Waals surface area contributed by atoms with Crippen molar-refractivity contribution in [2.45, 2.75) is 32.7 Å². The molecule has 0 radical (unpaired) electrons. The standard InChI is InChI=1S/C14H23N3O2/c1-4-6-11(10-19-3)17-14(18)12-7-8-15-9-13(12)16-5-2/h7-9,11,16H,4-6,10H2,1-3H3,(H,17,18). The van der Waals surface area contributed by atoms with E-state index in [1.807, 2.05) is 6.92 Å². The predicted octanol–water partition coefficient (Wildman–Crippen LogP) is 2.06. The van der Waals surface area contributed by atoms with E-state index >= 15 is 0 Å². The van der Waals surface area contributed by atoms with E-state index in [2.05, 4.69) is 22.5 Å². The Kier molecular flexibility index (Phi) is 6.89. The van der Waals surface area contributed by atoms with Crippen molar-refractivity contribution >= 4 is 11.6 Å². The van der Waals surface area contributed by atoms with Crippen LogP contribution in [0.3, 0.4) is 0 Å². The lowest BCUT2D eigenvalue weighted by atomic mass is 10.1. The van der Waals surface area contributed by atoms with E-state index in [1.54, 1.807) is 25.6 Å². The summed E-state index contributed by atoms with van der Waals surface area (Å²) in [6, 6.07) is 1.77. The first-order valence-corrected chi connectivity index (χ1v) is 6.70. The summed E-state index contributed by atoms with van der Waals surface area (Å²) in [6.07, 6.45) is 5.20. The van der Waals surface area contributed by atoms with Gasteiger partial charge in [-0.3, -0.25) is 9.78 Å². The van der Waals surface area contributed by atoms with Gasteiger partial charge in [0.05, 0.1) is 30.1 Å². The SMILES string of the molecule is CCCC(COC)NC(=O)c1ccncc1NCC. The van der Waals surface area contributed by atoms with Gasteiger partial charge < -0.3 is 15.4 Å². The van der Waals surface area contributed by atoms with Gasteiger partial charge >= 0.3 is 0 Å². The molecule has 0 bridgehead atoms. The zero-order valence-electron chi connectivity index (χ0n) is 11.9. The average Bonchev–Trinajstić information content (AvgIpc) is 2.40. The van der Waals surface area contributed by atoms with E-state index in [-0.39, 0.29) is 11.9 Å². The van der Waals surface area contributed by atoms with Gasteiger partial charge in [-0.25, -0.2) is 0 Å². The maximum Gasteiger partial charge on any atom is 0.253 e. The third-order valence-electron chi connectivity index (χ3n) is 2.77. The zero-order chi connectivity index (χ0) is 14.1. The molecule has 5 heteroatoms. The number of nitrogens with one attached hydrogen (secondary N) is 2. The van der Waals surface area contributed by atoms with Crippen LogP contribution in [-0.4, -0.2) is 37.2 Å². The number of rotatable bonds is 8. The van der Waals surface area contributed by atoms with Crippen LogP contribution in [0.1, 0.15) is 37.0 Å². The molecule has 1 aromatic rings. The van der Waals surface area contributed by atoms with Crippen LogP contribution in [0.15, 0.2) is 18.5 Å². The molecule has 1 atom stereocenters. The summed E-state index contributed by atoms with van der Waals surface area (Å²) in [7, 11) is 1.64. The summed E-state index contributed by atoms with van der Waals surface area (Å²) in [6.45, 7) is 5.36. The minimum Gasteiger partial charge on any atom is -0.383 e. The lowest BCUT2D eigenvalue weighted by molar-refractivity contribution is 0.0892. The van der Waals surface area contributed by atoms with E-state index in [1.165, 1.54) is 0 Å². The van der Waals surface area contributed by atoms with Crippen LogP contribution in [0.5, 0.6) is 0 Å². The molecule has 1 aromatic heterocycles. The van der Waals surface area contributed by atoms with Crippen LogP contribution >= 0.6 is 0 Å². The molecule has 0 spiro atoms. The Hall–Kier alpha value is -1.62. The molecule has 0 aliphatic rings. The highest BCUT2D eigenvalue weighted by Gasteiger charge is 2.15. The highest BCUT2D eigenvalue weighted by molar-refractivity contribution is 5.99. The van der Waals surface area contributed by atoms with E-state index in [4.69, 9.17) is 4.74 Å². The summed E-state index contributed by atoms with van der Waals surface area (Å²) in [5, 5.41) is 6.14. The fraction of sp³-hybridized carbons (Fsp3) is 0.571. The van der Waals surface area contributed by atoms with Crippen LogP contribution in [0.25, 0.3) is 0 Å². The highest BCUT2D eigenvalue weighted by Crippen LogP contribution is 2.13. The fourth-order valence-corrected chi connectivity index (χ4v) is 1.93. The number of amides is 1. The monoisotopic (exact) mass is 265 g/mol. The molecule has 0 fully saturated rings. The molecule has 1 rings (SSSR count). The number of anilines is 1. The normalized spacial score (nSPS) is 11.9. The number of carbonyl (C=O) groups excluding carboxylic acids is 1. The summed E-state index contributed by atoms with van der Waals surface area (Å²) in [5.41, 5.74) is 1.38. The van der Waals surface area contributed by atoms with Crippen molar-refractivity contribution in [2.24, 2.45) is 0 Å². The number of hydrogen-bond donors (Lipinski definition) is 2. The summed E-state index contributed by atoms with van der Waals surface area (Å²) < 4.78 is 5.13. The third-order valence-corrected chi connectivity index (χ3v) is 2.77. The van der Waals surface area contributed by atoms with Crippen molar-refractivity contribution in [1.29, 1.82) is 0 Å². The molecule has 1 amide bonds. The second kappa shape index (κ2) is 8.48. The molecule has 1 heterocycles. The quantitative estimate of drug-likeness (QED) is 0.755. The number of nitrogens with zero attached hydrogens (tertiary/aromatic N) is 1. The van der Waals surface area contributed by atoms with Crippen molar-refractivity contribution in [1.82, 2.24) is 10.3 Å². The van der Waals surface area contributed by atoms with Gasteiger partial charge in [-0.2, -0.15) is 0 Å². The first-order chi connectivity index (χ1) is 9.22. The second-order valence-electron chi connectivity index (χ2n) is 4.37. The van der Waals surface area contributed by atoms with Gasteiger partial charge in [0.2, 0.25) is 0 Å². The lowest BCUT2D eigenvalue weighted by Crippen LogP contribution is -2.38. The van der Waals surface area contributed by atoms with Crippen molar-refractivity contribution in [3.8, 4) is 0 Å². The highest BCUT2D eigenvalue weighted by atomic mass is 16.5. The van der Waals surface area contributed by atoms with Gasteiger partial charge in [0, 0.05) is 19.9 Å². The number of aromatic nitrogens is 1. The number of carbonyl (C=O) groups is 1. The maximum atomic E-state index is 12.3. The largest absolute Gasteiger partial charge is 0.383 e. The molecule has 106 valence electrons. The molecule has 0 saturated heterocycles. The molecular weight excluding hydrogens is 242 g/mol. The molecule has 0 aliphatic heterocycles. The Morgan fingerprint density at radius 2 is 2.26 bits per heavy atom. The maximum absolute atomic E-state index is 12.3.